The van der Waals surface area contributed by atoms with Crippen LogP contribution in [-0.2, 0) is 0 Å². The number of carbonyl (C=O) groups excluding carboxylic acids is 1. The van der Waals surface area contributed by atoms with E-state index >= 15 is 0 Å². The van der Waals surface area contributed by atoms with Crippen molar-refractivity contribution in [2.75, 3.05) is 5.32 Å². The van der Waals surface area contributed by atoms with Gasteiger partial charge in [-0.1, -0.05) is 23.5 Å². The number of anilines is 1. The Hall–Kier alpha value is -3.06. The molecule has 0 unspecified atom stereocenters. The lowest BCUT2D eigenvalue weighted by molar-refractivity contribution is 0.103. The molecule has 1 N–H and O–H groups in total. The van der Waals surface area contributed by atoms with Crippen LogP contribution in [0.5, 0.6) is 0 Å². The van der Waals surface area contributed by atoms with Gasteiger partial charge in [-0.05, 0) is 36.4 Å². The van der Waals surface area contributed by atoms with Gasteiger partial charge in [0.2, 0.25) is 0 Å². The standard InChI is InChI=1S/C17H10FN3O2S/c18-10-5-7-11(8-6-10)19-16(23)14-9-15(22)21-13-4-2-1-3-12(13)20-17(21)24-14/h1-9H,(H,19,23). The second-order valence-electron chi connectivity index (χ2n) is 5.13. The van der Waals surface area contributed by atoms with Crippen molar-refractivity contribution in [3.8, 4) is 0 Å². The molecule has 0 fully saturated rings. The molecule has 118 valence electrons. The molecule has 0 radical (unpaired) electrons. The summed E-state index contributed by atoms with van der Waals surface area (Å²) in [6.45, 7) is 0. The molecule has 4 rings (SSSR count). The quantitative estimate of drug-likeness (QED) is 0.609. The molecule has 0 saturated carbocycles. The monoisotopic (exact) mass is 339 g/mol. The smallest absolute Gasteiger partial charge is 0.266 e. The van der Waals surface area contributed by atoms with E-state index in [2.05, 4.69) is 10.3 Å². The van der Waals surface area contributed by atoms with Gasteiger partial charge in [-0.25, -0.2) is 9.37 Å². The number of nitrogens with one attached hydrogen (secondary N) is 1. The molecule has 0 atom stereocenters. The largest absolute Gasteiger partial charge is 0.321 e. The molecule has 0 aliphatic heterocycles. The molecule has 2 aromatic heterocycles. The van der Waals surface area contributed by atoms with Crippen LogP contribution in [0.2, 0.25) is 0 Å². The summed E-state index contributed by atoms with van der Waals surface area (Å²) in [5, 5.41) is 2.64. The molecule has 5 nitrogen and oxygen atoms in total. The number of carbonyl (C=O) groups is 1. The van der Waals surface area contributed by atoms with Gasteiger partial charge < -0.3 is 5.32 Å². The van der Waals surface area contributed by atoms with Crippen LogP contribution >= 0.6 is 11.3 Å². The Bertz CT molecular complexity index is 1130. The Morgan fingerprint density at radius 3 is 2.67 bits per heavy atom. The number of aromatic nitrogens is 2. The summed E-state index contributed by atoms with van der Waals surface area (Å²) in [6.07, 6.45) is 0. The second kappa shape index (κ2) is 5.54. The lowest BCUT2D eigenvalue weighted by Crippen LogP contribution is -2.17. The van der Waals surface area contributed by atoms with E-state index in [1.54, 1.807) is 0 Å². The van der Waals surface area contributed by atoms with Crippen LogP contribution in [0.3, 0.4) is 0 Å². The van der Waals surface area contributed by atoms with Gasteiger partial charge in [0.05, 0.1) is 11.0 Å². The van der Waals surface area contributed by atoms with Gasteiger partial charge in [0.15, 0.2) is 4.96 Å². The summed E-state index contributed by atoms with van der Waals surface area (Å²) in [5.41, 5.74) is 1.54. The molecule has 4 aromatic rings. The van der Waals surface area contributed by atoms with E-state index in [9.17, 15) is 14.0 Å². The summed E-state index contributed by atoms with van der Waals surface area (Å²) in [4.78, 5) is 29.8. The highest BCUT2D eigenvalue weighted by molar-refractivity contribution is 7.18. The zero-order chi connectivity index (χ0) is 16.7. The van der Waals surface area contributed by atoms with E-state index in [0.29, 0.717) is 21.7 Å². The number of para-hydroxylation sites is 2. The first-order valence-electron chi connectivity index (χ1n) is 7.10. The van der Waals surface area contributed by atoms with Crippen LogP contribution in [0, 0.1) is 5.82 Å². The zero-order valence-corrected chi connectivity index (χ0v) is 13.0. The number of rotatable bonds is 2. The van der Waals surface area contributed by atoms with Gasteiger partial charge in [0.25, 0.3) is 11.5 Å². The first-order valence-corrected chi connectivity index (χ1v) is 7.92. The van der Waals surface area contributed by atoms with Crippen molar-refractivity contribution < 1.29 is 9.18 Å². The molecule has 1 amide bonds. The van der Waals surface area contributed by atoms with Crippen LogP contribution in [0.15, 0.2) is 59.4 Å². The number of halogens is 1. The number of amides is 1. The molecule has 0 aliphatic carbocycles. The average Bonchev–Trinajstić information content (AvgIpc) is 2.95. The van der Waals surface area contributed by atoms with Crippen molar-refractivity contribution in [3.05, 3.63) is 75.6 Å². The molecule has 2 aromatic carbocycles. The summed E-state index contributed by atoms with van der Waals surface area (Å²) >= 11 is 1.12. The van der Waals surface area contributed by atoms with Crippen molar-refractivity contribution in [1.29, 1.82) is 0 Å². The maximum atomic E-state index is 12.9. The van der Waals surface area contributed by atoms with Gasteiger partial charge in [-0.15, -0.1) is 0 Å². The van der Waals surface area contributed by atoms with E-state index in [1.807, 2.05) is 24.3 Å². The predicted octanol–water partition coefficient (Wildman–Crippen LogP) is 3.30. The molecule has 0 aliphatic rings. The minimum atomic E-state index is -0.432. The molecule has 7 heteroatoms. The number of nitrogens with zero attached hydrogens (tertiary/aromatic N) is 2. The fourth-order valence-electron chi connectivity index (χ4n) is 2.43. The third-order valence-electron chi connectivity index (χ3n) is 3.53. The van der Waals surface area contributed by atoms with Gasteiger partial charge >= 0.3 is 0 Å². The van der Waals surface area contributed by atoms with E-state index in [4.69, 9.17) is 0 Å². The van der Waals surface area contributed by atoms with Crippen molar-refractivity contribution in [2.45, 2.75) is 0 Å². The highest BCUT2D eigenvalue weighted by atomic mass is 32.1. The molecular formula is C17H10FN3O2S. The second-order valence-corrected chi connectivity index (χ2v) is 6.14. The molecule has 0 bridgehead atoms. The number of fused-ring (bicyclic) bond motifs is 3. The average molecular weight is 339 g/mol. The lowest BCUT2D eigenvalue weighted by Gasteiger charge is -2.04. The normalized spacial score (nSPS) is 11.0. The number of hydrogen-bond donors (Lipinski definition) is 1. The third-order valence-corrected chi connectivity index (χ3v) is 4.51. The number of benzene rings is 2. The summed E-state index contributed by atoms with van der Waals surface area (Å²) in [5.74, 6) is -0.818. The molecule has 2 heterocycles. The fraction of sp³-hybridized carbons (Fsp3) is 0. The molecule has 0 saturated heterocycles. The maximum absolute atomic E-state index is 12.9. The Kier molecular flexibility index (Phi) is 3.35. The SMILES string of the molecule is O=C(Nc1ccc(F)cc1)c1cc(=O)n2c(nc3ccccc32)s1. The lowest BCUT2D eigenvalue weighted by atomic mass is 10.3. The Labute approximate surface area is 139 Å². The molecule has 0 spiro atoms. The van der Waals surface area contributed by atoms with Crippen LogP contribution in [0.1, 0.15) is 9.67 Å². The fourth-order valence-corrected chi connectivity index (χ4v) is 3.35. The van der Waals surface area contributed by atoms with Gasteiger partial charge in [-0.2, -0.15) is 0 Å². The molecule has 24 heavy (non-hydrogen) atoms. The topological polar surface area (TPSA) is 63.5 Å². The van der Waals surface area contributed by atoms with Crippen LogP contribution < -0.4 is 10.9 Å². The van der Waals surface area contributed by atoms with Crippen molar-refractivity contribution >= 4 is 38.9 Å². The van der Waals surface area contributed by atoms with Crippen LogP contribution in [-0.4, -0.2) is 15.3 Å². The molecular weight excluding hydrogens is 329 g/mol. The number of hydrogen-bond acceptors (Lipinski definition) is 4. The van der Waals surface area contributed by atoms with Gasteiger partial charge in [0, 0.05) is 11.8 Å². The first-order chi connectivity index (χ1) is 11.6. The van der Waals surface area contributed by atoms with Crippen molar-refractivity contribution in [2.24, 2.45) is 0 Å². The number of imidazole rings is 1. The summed E-state index contributed by atoms with van der Waals surface area (Å²) in [6, 6.07) is 14.0. The third kappa shape index (κ3) is 2.44. The summed E-state index contributed by atoms with van der Waals surface area (Å²) in [7, 11) is 0. The Balaban J connectivity index is 1.76. The highest BCUT2D eigenvalue weighted by Crippen LogP contribution is 2.20. The first kappa shape index (κ1) is 14.5. The van der Waals surface area contributed by atoms with E-state index < -0.39 is 5.91 Å². The van der Waals surface area contributed by atoms with Crippen LogP contribution in [0.25, 0.3) is 16.0 Å². The minimum Gasteiger partial charge on any atom is -0.321 e. The van der Waals surface area contributed by atoms with Crippen LogP contribution in [0.4, 0.5) is 10.1 Å². The predicted molar refractivity (Wildman–Crippen MR) is 91.2 cm³/mol. The van der Waals surface area contributed by atoms with E-state index in [0.717, 1.165) is 11.3 Å². The Morgan fingerprint density at radius 1 is 1.12 bits per heavy atom. The van der Waals surface area contributed by atoms with E-state index in [1.165, 1.54) is 34.7 Å². The maximum Gasteiger partial charge on any atom is 0.266 e. The Morgan fingerprint density at radius 2 is 1.88 bits per heavy atom. The minimum absolute atomic E-state index is 0.243. The van der Waals surface area contributed by atoms with Gasteiger partial charge in [-0.3, -0.25) is 14.0 Å². The highest BCUT2D eigenvalue weighted by Gasteiger charge is 2.14. The van der Waals surface area contributed by atoms with Crippen molar-refractivity contribution in [1.82, 2.24) is 9.38 Å². The van der Waals surface area contributed by atoms with E-state index in [-0.39, 0.29) is 16.3 Å². The summed E-state index contributed by atoms with van der Waals surface area (Å²) < 4.78 is 14.4. The van der Waals surface area contributed by atoms with Gasteiger partial charge in [0.1, 0.15) is 10.7 Å². The van der Waals surface area contributed by atoms with Crippen molar-refractivity contribution in [3.63, 3.8) is 0 Å². The zero-order valence-electron chi connectivity index (χ0n) is 12.2.